The van der Waals surface area contributed by atoms with E-state index < -0.39 is 11.9 Å². The van der Waals surface area contributed by atoms with Crippen LogP contribution in [0.2, 0.25) is 0 Å². The molecule has 17 heavy (non-hydrogen) atoms. The summed E-state index contributed by atoms with van der Waals surface area (Å²) in [7, 11) is 0. The van der Waals surface area contributed by atoms with E-state index in [1.807, 2.05) is 0 Å². The molecule has 0 saturated heterocycles. The standard InChI is InChI=1S/C12H6N2O3/c15-11-8-3-1-2-7(10(8)12(16)17-11)9-6-13-4-5-14-9/h1-6H. The molecule has 0 unspecified atom stereocenters. The number of aromatic nitrogens is 2. The molecule has 0 atom stereocenters. The van der Waals surface area contributed by atoms with Crippen LogP contribution in [0, 0.1) is 0 Å². The maximum absolute atomic E-state index is 11.6. The van der Waals surface area contributed by atoms with Gasteiger partial charge in [-0.3, -0.25) is 9.97 Å². The molecule has 5 nitrogen and oxygen atoms in total. The molecule has 5 heteroatoms. The van der Waals surface area contributed by atoms with Crippen LogP contribution in [-0.4, -0.2) is 21.9 Å². The van der Waals surface area contributed by atoms with Crippen LogP contribution in [-0.2, 0) is 4.74 Å². The second-order valence-corrected chi connectivity index (χ2v) is 3.50. The van der Waals surface area contributed by atoms with E-state index in [0.29, 0.717) is 11.3 Å². The van der Waals surface area contributed by atoms with Crippen LogP contribution in [0.15, 0.2) is 36.8 Å². The summed E-state index contributed by atoms with van der Waals surface area (Å²) in [6.45, 7) is 0. The lowest BCUT2D eigenvalue weighted by Crippen LogP contribution is -1.99. The highest BCUT2D eigenvalue weighted by Gasteiger charge is 2.32. The van der Waals surface area contributed by atoms with Gasteiger partial charge < -0.3 is 4.74 Å². The first-order chi connectivity index (χ1) is 8.27. The van der Waals surface area contributed by atoms with Gasteiger partial charge in [-0.1, -0.05) is 12.1 Å². The molecule has 0 N–H and O–H groups in total. The first kappa shape index (κ1) is 9.65. The highest BCUT2D eigenvalue weighted by Crippen LogP contribution is 2.29. The summed E-state index contributed by atoms with van der Waals surface area (Å²) < 4.78 is 4.57. The van der Waals surface area contributed by atoms with Gasteiger partial charge in [0.1, 0.15) is 0 Å². The fraction of sp³-hybridized carbons (Fsp3) is 0. The summed E-state index contributed by atoms with van der Waals surface area (Å²) in [6.07, 6.45) is 4.60. The van der Waals surface area contributed by atoms with Crippen molar-refractivity contribution in [3.63, 3.8) is 0 Å². The molecule has 0 radical (unpaired) electrons. The minimum absolute atomic E-state index is 0.262. The fourth-order valence-electron chi connectivity index (χ4n) is 1.78. The molecule has 0 bridgehead atoms. The van der Waals surface area contributed by atoms with Crippen molar-refractivity contribution in [3.8, 4) is 11.3 Å². The number of cyclic esters (lactones) is 2. The van der Waals surface area contributed by atoms with Crippen LogP contribution in [0.1, 0.15) is 20.7 Å². The molecular formula is C12H6N2O3. The summed E-state index contributed by atoms with van der Waals surface area (Å²) in [5.74, 6) is -1.25. The zero-order valence-electron chi connectivity index (χ0n) is 8.58. The minimum Gasteiger partial charge on any atom is -0.386 e. The largest absolute Gasteiger partial charge is 0.386 e. The SMILES string of the molecule is O=C1OC(=O)c2c1cccc2-c1cnccn1. The van der Waals surface area contributed by atoms with Crippen molar-refractivity contribution in [2.45, 2.75) is 0 Å². The lowest BCUT2D eigenvalue weighted by molar-refractivity contribution is 0.0444. The Balaban J connectivity index is 2.27. The Kier molecular flexibility index (Phi) is 1.98. The summed E-state index contributed by atoms with van der Waals surface area (Å²) in [6, 6.07) is 4.95. The Bertz CT molecular complexity index is 623. The van der Waals surface area contributed by atoms with Gasteiger partial charge in [-0.05, 0) is 6.07 Å². The Morgan fingerprint density at radius 1 is 1.00 bits per heavy atom. The number of carbonyl (C=O) groups is 2. The van der Waals surface area contributed by atoms with Crippen LogP contribution < -0.4 is 0 Å². The molecule has 0 fully saturated rings. The van der Waals surface area contributed by atoms with E-state index in [2.05, 4.69) is 14.7 Å². The third kappa shape index (κ3) is 1.40. The van der Waals surface area contributed by atoms with Gasteiger partial charge in [-0.25, -0.2) is 9.59 Å². The molecule has 1 aliphatic heterocycles. The monoisotopic (exact) mass is 226 g/mol. The lowest BCUT2D eigenvalue weighted by atomic mass is 10.0. The summed E-state index contributed by atoms with van der Waals surface area (Å²) in [4.78, 5) is 31.0. The number of carbonyl (C=O) groups excluding carboxylic acids is 2. The number of rotatable bonds is 1. The Morgan fingerprint density at radius 2 is 1.82 bits per heavy atom. The van der Waals surface area contributed by atoms with Crippen molar-refractivity contribution in [1.29, 1.82) is 0 Å². The second kappa shape index (κ2) is 3.48. The van der Waals surface area contributed by atoms with E-state index in [9.17, 15) is 9.59 Å². The number of esters is 2. The van der Waals surface area contributed by atoms with Crippen LogP contribution in [0.4, 0.5) is 0 Å². The Labute approximate surface area is 96.1 Å². The Hall–Kier alpha value is -2.56. The van der Waals surface area contributed by atoms with E-state index in [1.165, 1.54) is 18.6 Å². The quantitative estimate of drug-likeness (QED) is 0.543. The van der Waals surface area contributed by atoms with Crippen LogP contribution >= 0.6 is 0 Å². The van der Waals surface area contributed by atoms with E-state index in [0.717, 1.165) is 0 Å². The number of hydrogen-bond acceptors (Lipinski definition) is 5. The second-order valence-electron chi connectivity index (χ2n) is 3.50. The number of ether oxygens (including phenoxy) is 1. The predicted molar refractivity (Wildman–Crippen MR) is 57.2 cm³/mol. The van der Waals surface area contributed by atoms with Crippen molar-refractivity contribution in [1.82, 2.24) is 9.97 Å². The maximum Gasteiger partial charge on any atom is 0.347 e. The molecule has 0 spiro atoms. The van der Waals surface area contributed by atoms with Gasteiger partial charge in [0.2, 0.25) is 0 Å². The van der Waals surface area contributed by atoms with Crippen molar-refractivity contribution >= 4 is 11.9 Å². The number of hydrogen-bond donors (Lipinski definition) is 0. The van der Waals surface area contributed by atoms with E-state index >= 15 is 0 Å². The molecular weight excluding hydrogens is 220 g/mol. The highest BCUT2D eigenvalue weighted by atomic mass is 16.6. The minimum atomic E-state index is -0.633. The summed E-state index contributed by atoms with van der Waals surface area (Å²) >= 11 is 0. The van der Waals surface area contributed by atoms with Gasteiger partial charge in [0.25, 0.3) is 0 Å². The molecule has 82 valence electrons. The van der Waals surface area contributed by atoms with Gasteiger partial charge in [0.15, 0.2) is 0 Å². The maximum atomic E-state index is 11.6. The third-order valence-corrected chi connectivity index (χ3v) is 2.51. The van der Waals surface area contributed by atoms with Crippen LogP contribution in [0.5, 0.6) is 0 Å². The lowest BCUT2D eigenvalue weighted by Gasteiger charge is -2.02. The topological polar surface area (TPSA) is 69.2 Å². The molecule has 0 saturated carbocycles. The Morgan fingerprint density at radius 3 is 2.59 bits per heavy atom. The number of fused-ring (bicyclic) bond motifs is 1. The summed E-state index contributed by atoms with van der Waals surface area (Å²) in [5, 5.41) is 0. The normalized spacial score (nSPS) is 13.4. The van der Waals surface area contributed by atoms with Gasteiger partial charge in [0, 0.05) is 18.0 Å². The van der Waals surface area contributed by atoms with Crippen molar-refractivity contribution in [2.24, 2.45) is 0 Å². The molecule has 0 aliphatic carbocycles. The third-order valence-electron chi connectivity index (χ3n) is 2.51. The molecule has 1 aromatic heterocycles. The zero-order valence-corrected chi connectivity index (χ0v) is 8.58. The molecule has 2 aromatic rings. The van der Waals surface area contributed by atoms with Gasteiger partial charge in [-0.2, -0.15) is 0 Å². The van der Waals surface area contributed by atoms with Gasteiger partial charge >= 0.3 is 11.9 Å². The van der Waals surface area contributed by atoms with Crippen molar-refractivity contribution in [3.05, 3.63) is 47.9 Å². The van der Waals surface area contributed by atoms with Gasteiger partial charge in [-0.15, -0.1) is 0 Å². The number of benzene rings is 1. The average molecular weight is 226 g/mol. The first-order valence-corrected chi connectivity index (χ1v) is 4.93. The fourth-order valence-corrected chi connectivity index (χ4v) is 1.78. The highest BCUT2D eigenvalue weighted by molar-refractivity contribution is 6.17. The van der Waals surface area contributed by atoms with E-state index in [-0.39, 0.29) is 11.1 Å². The van der Waals surface area contributed by atoms with Crippen LogP contribution in [0.3, 0.4) is 0 Å². The van der Waals surface area contributed by atoms with Crippen molar-refractivity contribution in [2.75, 3.05) is 0 Å². The van der Waals surface area contributed by atoms with Crippen LogP contribution in [0.25, 0.3) is 11.3 Å². The predicted octanol–water partition coefficient (Wildman–Crippen LogP) is 1.45. The molecule has 2 heterocycles. The molecule has 1 aliphatic rings. The molecule has 3 rings (SSSR count). The first-order valence-electron chi connectivity index (χ1n) is 4.93. The smallest absolute Gasteiger partial charge is 0.347 e. The van der Waals surface area contributed by atoms with Gasteiger partial charge in [0.05, 0.1) is 23.0 Å². The van der Waals surface area contributed by atoms with E-state index in [1.54, 1.807) is 18.2 Å². The molecule has 1 aromatic carbocycles. The molecule has 0 amide bonds. The van der Waals surface area contributed by atoms with Crippen molar-refractivity contribution < 1.29 is 14.3 Å². The number of nitrogens with zero attached hydrogens (tertiary/aromatic N) is 2. The van der Waals surface area contributed by atoms with E-state index in [4.69, 9.17) is 0 Å². The average Bonchev–Trinajstić information content (AvgIpc) is 2.66. The zero-order chi connectivity index (χ0) is 11.8. The summed E-state index contributed by atoms with van der Waals surface area (Å²) in [5.41, 5.74) is 1.64.